The van der Waals surface area contributed by atoms with Gasteiger partial charge in [-0.25, -0.2) is 38.4 Å². The van der Waals surface area contributed by atoms with Gasteiger partial charge in [-0.3, -0.25) is 40.4 Å². The van der Waals surface area contributed by atoms with Gasteiger partial charge in [-0.05, 0) is 172 Å². The normalized spacial score (nSPS) is 38.7. The number of urea groups is 8. The van der Waals surface area contributed by atoms with Crippen molar-refractivity contribution in [1.29, 1.82) is 0 Å². The van der Waals surface area contributed by atoms with Crippen molar-refractivity contribution >= 4 is 71.9 Å². The van der Waals surface area contributed by atoms with E-state index >= 15 is 0 Å². The van der Waals surface area contributed by atoms with Crippen molar-refractivity contribution < 1.29 is 57.5 Å². The predicted molar refractivity (Wildman–Crippen MR) is 484 cm³/mol. The average Bonchev–Trinajstić information content (AvgIpc) is 1.60. The van der Waals surface area contributed by atoms with Gasteiger partial charge in [0, 0.05) is 26.2 Å². The van der Waals surface area contributed by atoms with E-state index in [2.05, 4.69) is 182 Å². The zero-order valence-corrected chi connectivity index (χ0v) is 81.1. The van der Waals surface area contributed by atoms with Gasteiger partial charge in [0.25, 0.3) is 23.6 Å². The minimum atomic E-state index is -0.616. The Hall–Kier alpha value is -7.16. The smallest absolute Gasteiger partial charge is 0.322 e. The lowest BCUT2D eigenvalue weighted by atomic mass is 9.68. The summed E-state index contributed by atoms with van der Waals surface area (Å²) in [4.78, 5) is 135. The molecule has 8 aliphatic heterocycles. The third kappa shape index (κ3) is 25.5. The molecular weight excluding hydrogens is 1520 g/mol. The standard InChI is InChI=1S/2C10H16N2O2.2C10H18N2O.2C9H14N2O2.2C9H16N2O.8C2H6/c2*1-6-4-3-5-10(7(6)2)8(13)11-9(14)12-10;2*1-7-4-3-5-10(8(7)2)6-11-9(13)12-10;2*1-5-3-4-9(6(5)2)7(12)10-8(13)11-9;2*1-6-3-4-9(7(6)2)5-10-8(12)11-9;8*1-2/h2*6-7H,3-5H2,1-2H3,(H2,11,12,13,14);2*7-8H,3-6H2,1-2H3,(H2,11,12,13);2*5-6H,3-4H2,1-2H3,(H2,10,11,12,13);2*6-7H,3-5H2,1-2H3,(H2,10,11,12);8*1-2H3. The molecule has 8 aliphatic carbocycles. The SMILES string of the molecule is CC.CC.CC.CC.CC.CC.CC.CC.CC1CCC2(CNC(=O)N2)C1C.CC1CCC2(CNC(=O)N2)C1C.CC1CCC2(NC(=O)NC2=O)C1C.CC1CCC2(NC(=O)NC2=O)C1C.CC1CCCC2(CNC(=O)N2)C1C.CC1CCCC2(CNC(=O)N2)C1C.CC1CCCC2(NC(=O)NC2=O)C1C.CC1CCCC2(NC(=O)NC2=O)C1C. The Kier molecular flexibility index (Phi) is 46.7. The molecule has 8 heterocycles. The molecule has 0 aromatic rings. The van der Waals surface area contributed by atoms with Gasteiger partial charge >= 0.3 is 48.2 Å². The van der Waals surface area contributed by atoms with Gasteiger partial charge in [0.05, 0.1) is 22.2 Å². The largest absolute Gasteiger partial charge is 0.336 e. The highest BCUT2D eigenvalue weighted by Gasteiger charge is 2.59. The molecule has 24 unspecified atom stereocenters. The Labute approximate surface area is 726 Å². The van der Waals surface area contributed by atoms with Crippen LogP contribution < -0.4 is 85.1 Å². The molecule has 0 radical (unpaired) electrons. The topological polar surface area (TPSA) is 397 Å². The molecule has 16 fully saturated rings. The van der Waals surface area contributed by atoms with Crippen LogP contribution in [0.25, 0.3) is 0 Å². The van der Waals surface area contributed by atoms with E-state index in [1.54, 1.807) is 0 Å². The van der Waals surface area contributed by atoms with Crippen LogP contribution in [-0.2, 0) is 19.2 Å². The fourth-order valence-corrected chi connectivity index (χ4v) is 20.6. The molecule has 0 aromatic carbocycles. The van der Waals surface area contributed by atoms with Gasteiger partial charge < -0.3 is 63.8 Å². The molecule has 0 aromatic heterocycles. The first-order chi connectivity index (χ1) is 56.8. The van der Waals surface area contributed by atoms with E-state index in [1.165, 1.54) is 38.5 Å². The third-order valence-electron chi connectivity index (χ3n) is 30.1. The van der Waals surface area contributed by atoms with Gasteiger partial charge in [0.2, 0.25) is 0 Å². The van der Waals surface area contributed by atoms with Gasteiger partial charge in [0.15, 0.2) is 0 Å². The van der Waals surface area contributed by atoms with Crippen molar-refractivity contribution in [1.82, 2.24) is 85.1 Å². The number of nitrogens with one attached hydrogen (secondary N) is 16. The van der Waals surface area contributed by atoms with Gasteiger partial charge in [-0.15, -0.1) is 0 Å². The van der Waals surface area contributed by atoms with Gasteiger partial charge in [0.1, 0.15) is 22.2 Å². The lowest BCUT2D eigenvalue weighted by Gasteiger charge is -2.42. The summed E-state index contributed by atoms with van der Waals surface area (Å²) in [6.07, 6.45) is 21.5. The molecule has 16 aliphatic rings. The second-order valence-corrected chi connectivity index (χ2v) is 35.2. The van der Waals surface area contributed by atoms with Crippen molar-refractivity contribution in [2.45, 2.75) is 394 Å². The minimum Gasteiger partial charge on any atom is -0.336 e. The molecular formula is C92H176N16O12. The number of hydrogen-bond donors (Lipinski definition) is 16. The lowest BCUT2D eigenvalue weighted by molar-refractivity contribution is -0.128. The molecule has 28 nitrogen and oxygen atoms in total. The monoisotopic (exact) mass is 1700 g/mol. The van der Waals surface area contributed by atoms with Crippen LogP contribution in [0.15, 0.2) is 0 Å². The molecule has 16 N–H and O–H groups in total. The van der Waals surface area contributed by atoms with E-state index in [0.717, 1.165) is 140 Å². The van der Waals surface area contributed by atoms with Crippen LogP contribution in [0.1, 0.15) is 350 Å². The van der Waals surface area contributed by atoms with E-state index in [4.69, 9.17) is 0 Å². The van der Waals surface area contributed by atoms with Crippen LogP contribution in [0.3, 0.4) is 0 Å². The maximum Gasteiger partial charge on any atom is 0.322 e. The van der Waals surface area contributed by atoms with Crippen LogP contribution in [-0.4, -0.2) is 142 Å². The summed E-state index contributed by atoms with van der Waals surface area (Å²) in [5.41, 5.74) is -2.15. The first-order valence-corrected chi connectivity index (χ1v) is 47.6. The van der Waals surface area contributed by atoms with Crippen molar-refractivity contribution in [3.8, 4) is 0 Å². The number of imide groups is 4. The fourth-order valence-electron chi connectivity index (χ4n) is 20.6. The summed E-state index contributed by atoms with van der Waals surface area (Å²) in [6, 6.07) is -1.31. The third-order valence-corrected chi connectivity index (χ3v) is 30.1. The van der Waals surface area contributed by atoms with Crippen LogP contribution >= 0.6 is 0 Å². The minimum absolute atomic E-state index is 0.0101. The Balaban J connectivity index is 0.000000669. The molecule has 0 bridgehead atoms. The predicted octanol–water partition coefficient (Wildman–Crippen LogP) is 16.7. The summed E-state index contributed by atoms with van der Waals surface area (Å²) in [5, 5.41) is 44.2. The van der Waals surface area contributed by atoms with Crippen molar-refractivity contribution in [2.75, 3.05) is 26.2 Å². The Morgan fingerprint density at radius 2 is 0.358 bits per heavy atom. The number of rotatable bonds is 0. The Morgan fingerprint density at radius 3 is 0.533 bits per heavy atom. The zero-order valence-electron chi connectivity index (χ0n) is 81.1. The van der Waals surface area contributed by atoms with Crippen LogP contribution in [0.2, 0.25) is 0 Å². The van der Waals surface area contributed by atoms with Gasteiger partial charge in [-0.2, -0.15) is 0 Å². The van der Waals surface area contributed by atoms with E-state index in [0.29, 0.717) is 47.3 Å². The molecule has 8 saturated carbocycles. The maximum atomic E-state index is 11.7. The van der Waals surface area contributed by atoms with Gasteiger partial charge in [-0.1, -0.05) is 273 Å². The second-order valence-electron chi connectivity index (χ2n) is 35.2. The summed E-state index contributed by atoms with van der Waals surface area (Å²) in [6.45, 7) is 70.1. The first-order valence-electron chi connectivity index (χ1n) is 47.6. The quantitative estimate of drug-likeness (QED) is 0.101. The number of carbonyl (C=O) groups is 12. The molecule has 16 rings (SSSR count). The van der Waals surface area contributed by atoms with E-state index < -0.39 is 22.2 Å². The average molecular weight is 1700 g/mol. The summed E-state index contributed by atoms with van der Waals surface area (Å²) in [7, 11) is 0. The molecule has 20 amide bonds. The zero-order chi connectivity index (χ0) is 92.5. The lowest BCUT2D eigenvalue weighted by Crippen LogP contribution is -2.55. The molecule has 120 heavy (non-hydrogen) atoms. The van der Waals surface area contributed by atoms with E-state index in [9.17, 15) is 57.5 Å². The number of hydrogen-bond acceptors (Lipinski definition) is 12. The summed E-state index contributed by atoms with van der Waals surface area (Å²) in [5.74, 6) is 7.70. The first kappa shape index (κ1) is 111. The van der Waals surface area contributed by atoms with E-state index in [-0.39, 0.29) is 118 Å². The van der Waals surface area contributed by atoms with Crippen LogP contribution in [0, 0.1) is 94.7 Å². The van der Waals surface area contributed by atoms with Crippen LogP contribution in [0.4, 0.5) is 38.4 Å². The molecule has 28 heteroatoms. The highest BCUT2D eigenvalue weighted by molar-refractivity contribution is 6.09. The number of amides is 20. The van der Waals surface area contributed by atoms with Crippen LogP contribution in [0.5, 0.6) is 0 Å². The molecule has 8 saturated heterocycles. The molecule has 8 spiro atoms. The van der Waals surface area contributed by atoms with Crippen molar-refractivity contribution in [3.63, 3.8) is 0 Å². The Morgan fingerprint density at radius 1 is 0.192 bits per heavy atom. The highest BCUT2D eigenvalue weighted by atomic mass is 16.2. The molecule has 696 valence electrons. The highest BCUT2D eigenvalue weighted by Crippen LogP contribution is 2.47. The number of carbonyl (C=O) groups excluding carboxylic acids is 12. The summed E-state index contributed by atoms with van der Waals surface area (Å²) >= 11 is 0. The van der Waals surface area contributed by atoms with Crippen molar-refractivity contribution in [2.24, 2.45) is 94.7 Å². The Bertz CT molecular complexity index is 3070. The maximum absolute atomic E-state index is 11.7. The van der Waals surface area contributed by atoms with Crippen molar-refractivity contribution in [3.05, 3.63) is 0 Å². The van der Waals surface area contributed by atoms with E-state index in [1.807, 2.05) is 125 Å². The second kappa shape index (κ2) is 50.6. The molecule has 24 atom stereocenters. The fraction of sp³-hybridized carbons (Fsp3) is 0.870. The summed E-state index contributed by atoms with van der Waals surface area (Å²) < 4.78 is 0.